The van der Waals surface area contributed by atoms with Crippen LogP contribution in [0.5, 0.6) is 0 Å². The number of rotatable bonds is 4. The second-order valence-corrected chi connectivity index (χ2v) is 4.39. The Labute approximate surface area is 117 Å². The quantitative estimate of drug-likeness (QED) is 0.900. The van der Waals surface area contributed by atoms with Gasteiger partial charge >= 0.3 is 6.03 Å². The number of halogens is 1. The van der Waals surface area contributed by atoms with Gasteiger partial charge in [-0.1, -0.05) is 24.3 Å². The highest BCUT2D eigenvalue weighted by atomic mass is 19.1. The molecule has 0 aliphatic heterocycles. The van der Waals surface area contributed by atoms with Crippen LogP contribution in [-0.2, 0) is 6.42 Å². The molecule has 1 aromatic carbocycles. The second-order valence-electron chi connectivity index (χ2n) is 4.39. The number of amides is 2. The highest BCUT2D eigenvalue weighted by molar-refractivity contribution is 5.88. The van der Waals surface area contributed by atoms with Crippen LogP contribution in [0.1, 0.15) is 11.1 Å². The molecule has 2 aromatic rings. The van der Waals surface area contributed by atoms with E-state index < -0.39 is 0 Å². The van der Waals surface area contributed by atoms with Crippen LogP contribution in [0.15, 0.2) is 42.6 Å². The summed E-state index contributed by atoms with van der Waals surface area (Å²) in [5, 5.41) is 5.33. The van der Waals surface area contributed by atoms with E-state index in [9.17, 15) is 9.18 Å². The summed E-state index contributed by atoms with van der Waals surface area (Å²) in [5.41, 5.74) is 1.47. The molecule has 0 aliphatic rings. The van der Waals surface area contributed by atoms with Gasteiger partial charge < -0.3 is 5.32 Å². The van der Waals surface area contributed by atoms with Gasteiger partial charge in [-0.2, -0.15) is 0 Å². The van der Waals surface area contributed by atoms with Crippen molar-refractivity contribution in [3.8, 4) is 0 Å². The Bertz CT molecular complexity index is 601. The fourth-order valence-electron chi connectivity index (χ4n) is 1.78. The monoisotopic (exact) mass is 273 g/mol. The minimum Gasteiger partial charge on any atom is -0.337 e. The average molecular weight is 273 g/mol. The lowest BCUT2D eigenvalue weighted by molar-refractivity contribution is 0.252. The molecule has 0 atom stereocenters. The van der Waals surface area contributed by atoms with Gasteiger partial charge in [-0.3, -0.25) is 5.32 Å². The number of hydrogen-bond donors (Lipinski definition) is 2. The Kier molecular flexibility index (Phi) is 4.65. The van der Waals surface area contributed by atoms with Crippen molar-refractivity contribution < 1.29 is 9.18 Å². The van der Waals surface area contributed by atoms with Gasteiger partial charge in [0.25, 0.3) is 0 Å². The number of aromatic nitrogens is 1. The summed E-state index contributed by atoms with van der Waals surface area (Å²) in [4.78, 5) is 15.8. The van der Waals surface area contributed by atoms with Gasteiger partial charge in [0.1, 0.15) is 11.6 Å². The number of carbonyl (C=O) groups excluding carboxylic acids is 1. The molecule has 5 heteroatoms. The van der Waals surface area contributed by atoms with Crippen molar-refractivity contribution in [2.45, 2.75) is 13.3 Å². The van der Waals surface area contributed by atoms with E-state index in [-0.39, 0.29) is 11.8 Å². The summed E-state index contributed by atoms with van der Waals surface area (Å²) < 4.78 is 13.4. The molecule has 0 bridgehead atoms. The summed E-state index contributed by atoms with van der Waals surface area (Å²) in [6.07, 6.45) is 2.06. The summed E-state index contributed by atoms with van der Waals surface area (Å²) >= 11 is 0. The van der Waals surface area contributed by atoms with Crippen LogP contribution in [0, 0.1) is 12.7 Å². The lowest BCUT2D eigenvalue weighted by atomic mass is 10.1. The Balaban J connectivity index is 1.82. The molecule has 4 nitrogen and oxygen atoms in total. The van der Waals surface area contributed by atoms with Crippen LogP contribution >= 0.6 is 0 Å². The van der Waals surface area contributed by atoms with Crippen molar-refractivity contribution in [2.24, 2.45) is 0 Å². The minimum absolute atomic E-state index is 0.254. The Morgan fingerprint density at radius 2 is 2.05 bits per heavy atom. The Morgan fingerprint density at radius 1 is 1.25 bits per heavy atom. The Hall–Kier alpha value is -2.43. The number of benzene rings is 1. The van der Waals surface area contributed by atoms with E-state index in [1.54, 1.807) is 30.5 Å². The number of pyridine rings is 1. The fraction of sp³-hybridized carbons (Fsp3) is 0.200. The second kappa shape index (κ2) is 6.65. The van der Waals surface area contributed by atoms with Gasteiger partial charge in [-0.05, 0) is 36.6 Å². The van der Waals surface area contributed by atoms with E-state index in [0.29, 0.717) is 24.3 Å². The number of nitrogens with one attached hydrogen (secondary N) is 2. The van der Waals surface area contributed by atoms with Crippen molar-refractivity contribution in [3.05, 3.63) is 59.5 Å². The van der Waals surface area contributed by atoms with Crippen LogP contribution in [0.4, 0.5) is 15.0 Å². The molecule has 104 valence electrons. The molecule has 0 fully saturated rings. The predicted octanol–water partition coefficient (Wildman–Crippen LogP) is 2.89. The first-order valence-electron chi connectivity index (χ1n) is 6.36. The molecule has 0 saturated carbocycles. The zero-order valence-corrected chi connectivity index (χ0v) is 11.2. The van der Waals surface area contributed by atoms with Crippen LogP contribution in [0.2, 0.25) is 0 Å². The standard InChI is InChI=1S/C15H16FN3O/c1-11-5-4-9-17-14(11)19-15(20)18-10-8-12-6-2-3-7-13(12)16/h2-7,9H,8,10H2,1H3,(H2,17,18,19,20). The lowest BCUT2D eigenvalue weighted by Gasteiger charge is -2.09. The first-order valence-corrected chi connectivity index (χ1v) is 6.36. The number of carbonyl (C=O) groups is 1. The van der Waals surface area contributed by atoms with E-state index in [0.717, 1.165) is 5.56 Å². The molecular weight excluding hydrogens is 257 g/mol. The van der Waals surface area contributed by atoms with Crippen molar-refractivity contribution in [2.75, 3.05) is 11.9 Å². The first-order chi connectivity index (χ1) is 9.66. The number of nitrogens with zero attached hydrogens (tertiary/aromatic N) is 1. The summed E-state index contributed by atoms with van der Waals surface area (Å²) in [6.45, 7) is 2.22. The molecule has 0 saturated heterocycles. The number of aryl methyl sites for hydroxylation is 1. The van der Waals surface area contributed by atoms with Crippen molar-refractivity contribution in [1.82, 2.24) is 10.3 Å². The topological polar surface area (TPSA) is 54.0 Å². The van der Waals surface area contributed by atoms with E-state index in [1.165, 1.54) is 6.07 Å². The molecule has 1 heterocycles. The van der Waals surface area contributed by atoms with Gasteiger partial charge in [-0.15, -0.1) is 0 Å². The molecule has 0 aliphatic carbocycles. The SMILES string of the molecule is Cc1cccnc1NC(=O)NCCc1ccccc1F. The highest BCUT2D eigenvalue weighted by Crippen LogP contribution is 2.09. The smallest absolute Gasteiger partial charge is 0.320 e. The zero-order valence-electron chi connectivity index (χ0n) is 11.2. The molecule has 0 unspecified atom stereocenters. The minimum atomic E-state index is -0.344. The maximum Gasteiger partial charge on any atom is 0.320 e. The third kappa shape index (κ3) is 3.78. The normalized spacial score (nSPS) is 10.1. The van der Waals surface area contributed by atoms with E-state index in [4.69, 9.17) is 0 Å². The number of anilines is 1. The fourth-order valence-corrected chi connectivity index (χ4v) is 1.78. The van der Waals surface area contributed by atoms with Gasteiger partial charge in [-0.25, -0.2) is 14.2 Å². The van der Waals surface area contributed by atoms with Crippen molar-refractivity contribution in [3.63, 3.8) is 0 Å². The van der Waals surface area contributed by atoms with Crippen LogP contribution in [-0.4, -0.2) is 17.6 Å². The molecule has 20 heavy (non-hydrogen) atoms. The zero-order chi connectivity index (χ0) is 14.4. The third-order valence-corrected chi connectivity index (χ3v) is 2.88. The summed E-state index contributed by atoms with van der Waals surface area (Å²) in [6, 6.07) is 9.85. The lowest BCUT2D eigenvalue weighted by Crippen LogP contribution is -2.31. The molecular formula is C15H16FN3O. The highest BCUT2D eigenvalue weighted by Gasteiger charge is 2.05. The molecule has 1 aromatic heterocycles. The number of urea groups is 1. The molecule has 0 radical (unpaired) electrons. The van der Waals surface area contributed by atoms with Crippen molar-refractivity contribution in [1.29, 1.82) is 0 Å². The first kappa shape index (κ1) is 14.0. The van der Waals surface area contributed by atoms with E-state index in [2.05, 4.69) is 15.6 Å². The van der Waals surface area contributed by atoms with Gasteiger partial charge in [0.15, 0.2) is 0 Å². The summed E-state index contributed by atoms with van der Waals surface area (Å²) in [5.74, 6) is 0.270. The van der Waals surface area contributed by atoms with Crippen LogP contribution in [0.25, 0.3) is 0 Å². The van der Waals surface area contributed by atoms with Crippen molar-refractivity contribution >= 4 is 11.8 Å². The average Bonchev–Trinajstić information content (AvgIpc) is 2.43. The molecule has 0 spiro atoms. The van der Waals surface area contributed by atoms with E-state index in [1.807, 2.05) is 13.0 Å². The van der Waals surface area contributed by atoms with Crippen LogP contribution < -0.4 is 10.6 Å². The molecule has 2 N–H and O–H groups in total. The molecule has 2 amide bonds. The third-order valence-electron chi connectivity index (χ3n) is 2.88. The number of hydrogen-bond acceptors (Lipinski definition) is 2. The van der Waals surface area contributed by atoms with Gasteiger partial charge in [0, 0.05) is 12.7 Å². The van der Waals surface area contributed by atoms with E-state index >= 15 is 0 Å². The van der Waals surface area contributed by atoms with Gasteiger partial charge in [0.05, 0.1) is 0 Å². The maximum absolute atomic E-state index is 13.4. The van der Waals surface area contributed by atoms with Gasteiger partial charge in [0.2, 0.25) is 0 Å². The van der Waals surface area contributed by atoms with Crippen LogP contribution in [0.3, 0.4) is 0 Å². The summed E-state index contributed by atoms with van der Waals surface area (Å²) in [7, 11) is 0. The molecule has 2 rings (SSSR count). The largest absolute Gasteiger partial charge is 0.337 e. The predicted molar refractivity (Wildman–Crippen MR) is 76.1 cm³/mol. The Morgan fingerprint density at radius 3 is 2.80 bits per heavy atom. The maximum atomic E-state index is 13.4.